The molecule has 29 heavy (non-hydrogen) atoms. The lowest BCUT2D eigenvalue weighted by Crippen LogP contribution is -2.49. The van der Waals surface area contributed by atoms with Gasteiger partial charge in [-0.05, 0) is 49.9 Å². The Morgan fingerprint density at radius 1 is 1.17 bits per heavy atom. The van der Waals surface area contributed by atoms with Crippen LogP contribution in [0, 0.1) is 11.5 Å². The predicted octanol–water partition coefficient (Wildman–Crippen LogP) is 6.08. The van der Waals surface area contributed by atoms with Crippen LogP contribution in [0.1, 0.15) is 53.4 Å². The SMILES string of the molecule is CC[C@H]1OC([C@H](O)C/C=C\C#C[Si](C)(C)C)C/C=C\C[C@H]1O[Si](C)(C)C(C)(C)C. The van der Waals surface area contributed by atoms with E-state index < -0.39 is 22.5 Å². The van der Waals surface area contributed by atoms with Gasteiger partial charge in [0.2, 0.25) is 0 Å². The molecule has 0 aromatic heterocycles. The molecular formula is C24H44O3Si2. The van der Waals surface area contributed by atoms with Gasteiger partial charge in [-0.2, -0.15) is 0 Å². The van der Waals surface area contributed by atoms with Crippen molar-refractivity contribution >= 4 is 16.4 Å². The first kappa shape index (κ1) is 26.4. The van der Waals surface area contributed by atoms with Crippen LogP contribution >= 0.6 is 0 Å². The zero-order chi connectivity index (χ0) is 22.3. The summed E-state index contributed by atoms with van der Waals surface area (Å²) in [5.74, 6) is 3.12. The number of ether oxygens (including phenoxy) is 1. The molecule has 0 saturated heterocycles. The molecule has 0 aromatic carbocycles. The number of aliphatic hydroxyl groups is 1. The molecule has 0 bridgehead atoms. The van der Waals surface area contributed by atoms with Gasteiger partial charge in [-0.25, -0.2) is 0 Å². The van der Waals surface area contributed by atoms with Crippen molar-refractivity contribution in [2.75, 3.05) is 0 Å². The van der Waals surface area contributed by atoms with Crippen LogP contribution in [0.3, 0.4) is 0 Å². The summed E-state index contributed by atoms with van der Waals surface area (Å²) >= 11 is 0. The van der Waals surface area contributed by atoms with E-state index in [1.54, 1.807) is 0 Å². The number of allylic oxidation sites excluding steroid dienone is 1. The maximum absolute atomic E-state index is 10.7. The molecule has 1 rings (SSSR count). The van der Waals surface area contributed by atoms with Crippen molar-refractivity contribution in [2.24, 2.45) is 0 Å². The van der Waals surface area contributed by atoms with Crippen molar-refractivity contribution in [3.63, 3.8) is 0 Å². The van der Waals surface area contributed by atoms with E-state index in [1.807, 2.05) is 12.2 Å². The van der Waals surface area contributed by atoms with Gasteiger partial charge in [-0.3, -0.25) is 0 Å². The number of hydrogen-bond acceptors (Lipinski definition) is 3. The van der Waals surface area contributed by atoms with E-state index in [-0.39, 0.29) is 23.4 Å². The number of hydrogen-bond donors (Lipinski definition) is 1. The fourth-order valence-corrected chi connectivity index (χ4v) is 4.82. The molecule has 0 spiro atoms. The molecule has 0 saturated carbocycles. The molecule has 0 amide bonds. The lowest BCUT2D eigenvalue weighted by molar-refractivity contribution is -0.112. The fourth-order valence-electron chi connectivity index (χ4n) is 2.94. The molecule has 1 aliphatic rings. The Balaban J connectivity index is 2.81. The van der Waals surface area contributed by atoms with Crippen molar-refractivity contribution in [3.8, 4) is 11.5 Å². The van der Waals surface area contributed by atoms with E-state index in [2.05, 4.69) is 84.0 Å². The first-order valence-electron chi connectivity index (χ1n) is 11.1. The summed E-state index contributed by atoms with van der Waals surface area (Å²) in [4.78, 5) is 0. The highest BCUT2D eigenvalue weighted by Gasteiger charge is 2.41. The third-order valence-electron chi connectivity index (χ3n) is 5.78. The standard InChI is InChI=1S/C24H44O3Si2/c1-10-21-23(27-29(8,9)24(2,3)4)18-14-13-17-22(26-21)20(25)16-12-11-15-19-28(5,6)7/h11-14,20-23,25H,10,16-18H2,1-9H3/b12-11-,14-13-/t20-,21-,22?,23-/m1/s1. The normalized spacial score (nSPS) is 26.3. The Labute approximate surface area is 182 Å². The minimum Gasteiger partial charge on any atom is -0.411 e. The van der Waals surface area contributed by atoms with Gasteiger partial charge in [0.15, 0.2) is 8.32 Å². The highest BCUT2D eigenvalue weighted by Crippen LogP contribution is 2.39. The van der Waals surface area contributed by atoms with Gasteiger partial charge in [0.25, 0.3) is 0 Å². The van der Waals surface area contributed by atoms with E-state index in [9.17, 15) is 5.11 Å². The summed E-state index contributed by atoms with van der Waals surface area (Å²) in [5, 5.41) is 10.9. The maximum atomic E-state index is 10.7. The first-order chi connectivity index (χ1) is 13.3. The van der Waals surface area contributed by atoms with Crippen LogP contribution in [0.4, 0.5) is 0 Å². The van der Waals surface area contributed by atoms with E-state index in [0.717, 1.165) is 19.3 Å². The molecule has 0 aliphatic carbocycles. The molecule has 1 N–H and O–H groups in total. The maximum Gasteiger partial charge on any atom is 0.192 e. The monoisotopic (exact) mass is 436 g/mol. The third kappa shape index (κ3) is 9.36. The largest absolute Gasteiger partial charge is 0.411 e. The average Bonchev–Trinajstić information content (AvgIpc) is 2.55. The topological polar surface area (TPSA) is 38.7 Å². The predicted molar refractivity (Wildman–Crippen MR) is 130 cm³/mol. The van der Waals surface area contributed by atoms with Crippen LogP contribution in [-0.4, -0.2) is 45.9 Å². The Kier molecular flexibility index (Phi) is 10.1. The molecule has 0 radical (unpaired) electrons. The van der Waals surface area contributed by atoms with Gasteiger partial charge in [0.05, 0.1) is 24.4 Å². The van der Waals surface area contributed by atoms with Crippen LogP contribution in [-0.2, 0) is 9.16 Å². The van der Waals surface area contributed by atoms with Crippen molar-refractivity contribution in [1.82, 2.24) is 0 Å². The van der Waals surface area contributed by atoms with Crippen molar-refractivity contribution in [3.05, 3.63) is 24.3 Å². The van der Waals surface area contributed by atoms with Crippen LogP contribution in [0.2, 0.25) is 37.8 Å². The highest BCUT2D eigenvalue weighted by atomic mass is 28.4. The average molecular weight is 437 g/mol. The van der Waals surface area contributed by atoms with E-state index in [4.69, 9.17) is 9.16 Å². The molecule has 4 atom stereocenters. The molecular weight excluding hydrogens is 392 g/mol. The van der Waals surface area contributed by atoms with Crippen LogP contribution in [0.25, 0.3) is 0 Å². The quantitative estimate of drug-likeness (QED) is 0.311. The van der Waals surface area contributed by atoms with E-state index >= 15 is 0 Å². The summed E-state index contributed by atoms with van der Waals surface area (Å²) < 4.78 is 13.1. The molecule has 0 aromatic rings. The van der Waals surface area contributed by atoms with Crippen molar-refractivity contribution < 1.29 is 14.3 Å². The summed E-state index contributed by atoms with van der Waals surface area (Å²) in [6.07, 6.45) is 10.5. The Morgan fingerprint density at radius 2 is 1.79 bits per heavy atom. The van der Waals surface area contributed by atoms with Gasteiger partial charge < -0.3 is 14.3 Å². The van der Waals surface area contributed by atoms with Crippen LogP contribution in [0.15, 0.2) is 24.3 Å². The fraction of sp³-hybridized carbons (Fsp3) is 0.750. The Bertz CT molecular complexity index is 615. The van der Waals surface area contributed by atoms with Gasteiger partial charge >= 0.3 is 0 Å². The summed E-state index contributed by atoms with van der Waals surface area (Å²) in [5.41, 5.74) is 3.31. The second kappa shape index (κ2) is 11.1. The number of rotatable bonds is 6. The zero-order valence-electron chi connectivity index (χ0n) is 20.2. The third-order valence-corrected chi connectivity index (χ3v) is 11.2. The minimum atomic E-state index is -1.88. The zero-order valence-corrected chi connectivity index (χ0v) is 22.2. The Hall–Kier alpha value is -0.646. The number of aliphatic hydroxyl groups excluding tert-OH is 1. The minimum absolute atomic E-state index is 0.00406. The van der Waals surface area contributed by atoms with Gasteiger partial charge in [-0.15, -0.1) is 5.54 Å². The van der Waals surface area contributed by atoms with Gasteiger partial charge in [0.1, 0.15) is 8.07 Å². The second-order valence-electron chi connectivity index (χ2n) is 10.7. The summed E-state index contributed by atoms with van der Waals surface area (Å²) in [7, 11) is -3.24. The van der Waals surface area contributed by atoms with Gasteiger partial charge in [-0.1, -0.05) is 71.5 Å². The molecule has 1 heterocycles. The van der Waals surface area contributed by atoms with Crippen LogP contribution < -0.4 is 0 Å². The van der Waals surface area contributed by atoms with Gasteiger partial charge in [0, 0.05) is 0 Å². The van der Waals surface area contributed by atoms with E-state index in [1.165, 1.54) is 0 Å². The van der Waals surface area contributed by atoms with Crippen molar-refractivity contribution in [1.29, 1.82) is 0 Å². The summed E-state index contributed by atoms with van der Waals surface area (Å²) in [6.45, 7) is 20.2. The molecule has 0 fully saturated rings. The second-order valence-corrected chi connectivity index (χ2v) is 20.2. The Morgan fingerprint density at radius 3 is 2.34 bits per heavy atom. The molecule has 5 heteroatoms. The highest BCUT2D eigenvalue weighted by molar-refractivity contribution is 6.83. The molecule has 1 unspecified atom stereocenters. The van der Waals surface area contributed by atoms with E-state index in [0.29, 0.717) is 6.42 Å². The first-order valence-corrected chi connectivity index (χ1v) is 17.5. The van der Waals surface area contributed by atoms with Crippen molar-refractivity contribution in [2.45, 2.75) is 116 Å². The van der Waals surface area contributed by atoms with Crippen LogP contribution in [0.5, 0.6) is 0 Å². The summed E-state index contributed by atoms with van der Waals surface area (Å²) in [6, 6.07) is 0. The molecule has 166 valence electrons. The molecule has 3 nitrogen and oxygen atoms in total. The smallest absolute Gasteiger partial charge is 0.192 e. The molecule has 1 aliphatic heterocycles. The lowest BCUT2D eigenvalue weighted by atomic mass is 10.0. The lowest BCUT2D eigenvalue weighted by Gasteiger charge is -2.42.